The third-order valence-electron chi connectivity index (χ3n) is 6.97. The second-order valence-electron chi connectivity index (χ2n) is 12.3. The van der Waals surface area contributed by atoms with E-state index in [9.17, 15) is 14.3 Å². The van der Waals surface area contributed by atoms with Crippen molar-refractivity contribution in [2.75, 3.05) is 54.1 Å². The topological polar surface area (TPSA) is 91.3 Å². The lowest BCUT2D eigenvalue weighted by atomic mass is 10.0. The first-order valence-corrected chi connectivity index (χ1v) is 17.7. The second-order valence-corrected chi connectivity index (χ2v) is 13.7. The molecule has 0 aromatic heterocycles. The predicted molar refractivity (Wildman–Crippen MR) is 164 cm³/mol. The summed E-state index contributed by atoms with van der Waals surface area (Å²) >= 11 is 0. The van der Waals surface area contributed by atoms with Crippen LogP contribution in [0.2, 0.25) is 0 Å². The number of quaternary nitrogens is 1. The van der Waals surface area contributed by atoms with Crippen molar-refractivity contribution in [2.45, 2.75) is 142 Å². The highest BCUT2D eigenvalue weighted by Crippen LogP contribution is 2.43. The molecule has 0 aliphatic carbocycles. The number of rotatable bonds is 30. The van der Waals surface area contributed by atoms with E-state index in [1.165, 1.54) is 116 Å². The molecule has 2 atom stereocenters. The zero-order valence-corrected chi connectivity index (χ0v) is 27.7. The molecule has 0 fully saturated rings. The molecule has 0 spiro atoms. The van der Waals surface area contributed by atoms with Gasteiger partial charge in [0, 0.05) is 13.5 Å². The van der Waals surface area contributed by atoms with E-state index < -0.39 is 19.9 Å². The van der Waals surface area contributed by atoms with Crippen LogP contribution in [0, 0.1) is 0 Å². The van der Waals surface area contributed by atoms with Gasteiger partial charge in [0.15, 0.2) is 0 Å². The van der Waals surface area contributed by atoms with Gasteiger partial charge in [-0.05, 0) is 6.42 Å². The van der Waals surface area contributed by atoms with E-state index in [4.69, 9.17) is 18.5 Å². The van der Waals surface area contributed by atoms with Crippen molar-refractivity contribution < 1.29 is 37.3 Å². The Bertz CT molecular complexity index is 627. The molecule has 0 aliphatic heterocycles. The highest BCUT2D eigenvalue weighted by Gasteiger charge is 2.25. The van der Waals surface area contributed by atoms with Gasteiger partial charge in [-0.2, -0.15) is 0 Å². The molecule has 1 N–H and O–H groups in total. The summed E-state index contributed by atoms with van der Waals surface area (Å²) in [7, 11) is 1.67. The highest BCUT2D eigenvalue weighted by molar-refractivity contribution is 7.47. The van der Waals surface area contributed by atoms with Crippen molar-refractivity contribution in [1.82, 2.24) is 0 Å². The van der Waals surface area contributed by atoms with Crippen molar-refractivity contribution >= 4 is 13.8 Å². The minimum absolute atomic E-state index is 0.0887. The average Bonchev–Trinajstić information content (AvgIpc) is 2.87. The molecule has 0 radical (unpaired) electrons. The smallest absolute Gasteiger partial charge is 0.458 e. The molecule has 0 rings (SSSR count). The Morgan fingerprint density at radius 3 is 1.50 bits per heavy atom. The van der Waals surface area contributed by atoms with Crippen LogP contribution in [-0.2, 0) is 27.9 Å². The summed E-state index contributed by atoms with van der Waals surface area (Å²) in [6.45, 7) is 4.65. The number of carbonyl (C=O) groups is 1. The van der Waals surface area contributed by atoms with Crippen LogP contribution in [0.4, 0.5) is 0 Å². The van der Waals surface area contributed by atoms with E-state index in [1.54, 1.807) is 0 Å². The molecule has 0 aromatic rings. The predicted octanol–water partition coefficient (Wildman–Crippen LogP) is 8.21. The van der Waals surface area contributed by atoms with E-state index in [0.29, 0.717) is 17.6 Å². The van der Waals surface area contributed by atoms with Crippen LogP contribution < -0.4 is 0 Å². The number of unbranched alkanes of at least 4 members (excludes halogenated alkanes) is 18. The minimum Gasteiger partial charge on any atom is -0.458 e. The number of ether oxygens (including phenoxy) is 2. The van der Waals surface area contributed by atoms with Crippen LogP contribution in [0.25, 0.3) is 0 Å². The first-order valence-electron chi connectivity index (χ1n) is 16.2. The second kappa shape index (κ2) is 26.2. The maximum absolute atomic E-state index is 12.1. The van der Waals surface area contributed by atoms with Gasteiger partial charge in [0.05, 0.1) is 34.4 Å². The molecule has 0 saturated heterocycles. The Morgan fingerprint density at radius 2 is 1.10 bits per heavy atom. The Hall–Kier alpha value is -0.500. The number of carbonyl (C=O) groups excluding carboxylic acids is 1. The molecule has 40 heavy (non-hydrogen) atoms. The maximum atomic E-state index is 12.1. The number of esters is 1. The van der Waals surface area contributed by atoms with Gasteiger partial charge in [-0.3, -0.25) is 13.8 Å². The molecule has 0 aliphatic rings. The fraction of sp³-hybridized carbons (Fsp3) is 0.968. The summed E-state index contributed by atoms with van der Waals surface area (Å²) in [5.41, 5.74) is 0. The molecule has 8 nitrogen and oxygen atoms in total. The molecule has 240 valence electrons. The highest BCUT2D eigenvalue weighted by atomic mass is 31.2. The Labute approximate surface area is 247 Å². The number of nitrogens with zero attached hydrogens (tertiary/aromatic N) is 1. The fourth-order valence-corrected chi connectivity index (χ4v) is 5.23. The van der Waals surface area contributed by atoms with Crippen molar-refractivity contribution in [2.24, 2.45) is 0 Å². The van der Waals surface area contributed by atoms with Crippen LogP contribution >= 0.6 is 7.82 Å². The molecular weight excluding hydrogens is 529 g/mol. The first kappa shape index (κ1) is 39.5. The van der Waals surface area contributed by atoms with E-state index in [1.807, 2.05) is 21.1 Å². The van der Waals surface area contributed by atoms with Crippen molar-refractivity contribution in [3.05, 3.63) is 0 Å². The quantitative estimate of drug-likeness (QED) is 0.0388. The zero-order chi connectivity index (χ0) is 30.0. The Morgan fingerprint density at radius 1 is 0.675 bits per heavy atom. The Kier molecular flexibility index (Phi) is 25.8. The number of hydrogen-bond acceptors (Lipinski definition) is 6. The van der Waals surface area contributed by atoms with Crippen molar-refractivity contribution in [3.63, 3.8) is 0 Å². The van der Waals surface area contributed by atoms with Crippen LogP contribution in [0.1, 0.15) is 136 Å². The maximum Gasteiger partial charge on any atom is 0.472 e. The van der Waals surface area contributed by atoms with Crippen LogP contribution in [0.15, 0.2) is 0 Å². The summed E-state index contributed by atoms with van der Waals surface area (Å²) < 4.78 is 33.5. The lowest BCUT2D eigenvalue weighted by Crippen LogP contribution is -2.37. The van der Waals surface area contributed by atoms with E-state index in [0.717, 1.165) is 12.8 Å². The summed E-state index contributed by atoms with van der Waals surface area (Å²) in [4.78, 5) is 21.2. The summed E-state index contributed by atoms with van der Waals surface area (Å²) in [6.07, 6.45) is 24.7. The summed E-state index contributed by atoms with van der Waals surface area (Å²) in [6, 6.07) is 0. The lowest BCUT2D eigenvalue weighted by molar-refractivity contribution is -0.870. The standard InChI is InChI=1S/C31H64NO7P/c1-6-7-8-9-10-11-12-13-14-15-16-17-18-19-20-21-22-23-24-26-36-28-31(39-30(2)33)29-38-40(34,35)37-27-25-32(3,4)5/h31H,6-29H2,1-5H3/p+1. The third kappa shape index (κ3) is 30.5. The monoisotopic (exact) mass is 594 g/mol. The van der Waals surface area contributed by atoms with Crippen LogP contribution in [0.5, 0.6) is 0 Å². The molecule has 0 bridgehead atoms. The minimum atomic E-state index is -4.21. The van der Waals surface area contributed by atoms with E-state index >= 15 is 0 Å². The molecule has 0 amide bonds. The summed E-state index contributed by atoms with van der Waals surface area (Å²) in [5, 5.41) is 0. The number of likely N-dealkylation sites (N-methyl/N-ethyl adjacent to an activating group) is 1. The molecule has 9 heteroatoms. The van der Waals surface area contributed by atoms with E-state index in [2.05, 4.69) is 6.92 Å². The largest absolute Gasteiger partial charge is 0.472 e. The first-order chi connectivity index (χ1) is 19.1. The number of phosphoric acid groups is 1. The normalized spacial score (nSPS) is 14.2. The van der Waals surface area contributed by atoms with Gasteiger partial charge < -0.3 is 18.9 Å². The van der Waals surface area contributed by atoms with Crippen molar-refractivity contribution in [1.29, 1.82) is 0 Å². The van der Waals surface area contributed by atoms with Gasteiger partial charge in [0.2, 0.25) is 0 Å². The number of phosphoric ester groups is 1. The van der Waals surface area contributed by atoms with E-state index in [-0.39, 0.29) is 19.8 Å². The summed E-state index contributed by atoms with van der Waals surface area (Å²) in [5.74, 6) is -0.487. The van der Waals surface area contributed by atoms with Gasteiger partial charge in [0.25, 0.3) is 0 Å². The number of hydrogen-bond donors (Lipinski definition) is 1. The van der Waals surface area contributed by atoms with Gasteiger partial charge in [-0.1, -0.05) is 122 Å². The molecule has 2 unspecified atom stereocenters. The van der Waals surface area contributed by atoms with Crippen LogP contribution in [-0.4, -0.2) is 75.6 Å². The molecular formula is C31H65NO7P+. The van der Waals surface area contributed by atoms with Gasteiger partial charge in [-0.25, -0.2) is 4.57 Å². The molecule has 0 aromatic carbocycles. The lowest BCUT2D eigenvalue weighted by Gasteiger charge is -2.24. The third-order valence-corrected chi connectivity index (χ3v) is 7.95. The Balaban J connectivity index is 3.62. The zero-order valence-electron chi connectivity index (χ0n) is 26.8. The molecule has 0 heterocycles. The molecule has 0 saturated carbocycles. The van der Waals surface area contributed by atoms with Gasteiger partial charge in [-0.15, -0.1) is 0 Å². The van der Waals surface area contributed by atoms with Gasteiger partial charge >= 0.3 is 13.8 Å². The van der Waals surface area contributed by atoms with Crippen molar-refractivity contribution in [3.8, 4) is 0 Å². The van der Waals surface area contributed by atoms with Gasteiger partial charge in [0.1, 0.15) is 19.3 Å². The average molecular weight is 595 g/mol. The fourth-order valence-electron chi connectivity index (χ4n) is 4.49. The SMILES string of the molecule is CCCCCCCCCCCCCCCCCCCCCOCC(COP(=O)(O)OCC[N+](C)(C)C)OC(C)=O. The van der Waals surface area contributed by atoms with Crippen LogP contribution in [0.3, 0.4) is 0 Å².